The van der Waals surface area contributed by atoms with Crippen molar-refractivity contribution in [3.8, 4) is 0 Å². The number of nitrogens with zero attached hydrogens (tertiary/aromatic N) is 15. The summed E-state index contributed by atoms with van der Waals surface area (Å²) in [4.78, 5) is 64.6. The van der Waals surface area contributed by atoms with Crippen LogP contribution in [0.3, 0.4) is 0 Å². The fraction of sp³-hybridized carbons (Fsp3) is 0.886. The van der Waals surface area contributed by atoms with Gasteiger partial charge in [0.05, 0.1) is 43.0 Å². The molecule has 0 aromatic carbocycles. The summed E-state index contributed by atoms with van der Waals surface area (Å²) in [5.74, 6) is -3.42. The molecule has 29 nitrogen and oxygen atoms in total. The van der Waals surface area contributed by atoms with E-state index < -0.39 is 128 Å². The van der Waals surface area contributed by atoms with Gasteiger partial charge in [0.2, 0.25) is 0 Å². The molecule has 0 radical (unpaired) electrons. The average molecular weight is 904 g/mol. The molecule has 0 aromatic heterocycles. The molecule has 5 aliphatic rings. The summed E-state index contributed by atoms with van der Waals surface area (Å²) in [6.45, 7) is 7.54. The highest BCUT2D eigenvalue weighted by Gasteiger charge is 2.58. The van der Waals surface area contributed by atoms with Gasteiger partial charge < -0.3 is 47.4 Å². The van der Waals surface area contributed by atoms with E-state index in [1.807, 2.05) is 0 Å². The first-order valence-electron chi connectivity index (χ1n) is 20.4. The maximum absolute atomic E-state index is 12.9. The van der Waals surface area contributed by atoms with Gasteiger partial charge in [-0.05, 0) is 71.6 Å². The van der Waals surface area contributed by atoms with Crippen molar-refractivity contribution < 1.29 is 66.5 Å². The number of azide groups is 5. The van der Waals surface area contributed by atoms with E-state index in [2.05, 4.69) is 57.1 Å². The van der Waals surface area contributed by atoms with E-state index in [0.717, 1.165) is 40.5 Å². The smallest absolute Gasteiger partial charge is 0.303 e. The zero-order valence-corrected chi connectivity index (χ0v) is 35.7. The summed E-state index contributed by atoms with van der Waals surface area (Å²) in [5, 5.41) is 19.0. The van der Waals surface area contributed by atoms with Gasteiger partial charge in [-0.15, -0.1) is 0 Å². The Kier molecular flexibility index (Phi) is 17.1. The van der Waals surface area contributed by atoms with Crippen LogP contribution in [0.5, 0.6) is 0 Å². The number of carbonyl (C=O) groups excluding carboxylic acids is 4. The lowest BCUT2D eigenvalue weighted by atomic mass is 9.83. The molecule has 2 aliphatic carbocycles. The molecule has 0 bridgehead atoms. The third-order valence-corrected chi connectivity index (χ3v) is 11.5. The van der Waals surface area contributed by atoms with Crippen LogP contribution in [0.1, 0.15) is 80.1 Å². The summed E-state index contributed by atoms with van der Waals surface area (Å²) in [7, 11) is 0. The molecule has 348 valence electrons. The van der Waals surface area contributed by atoms with Crippen LogP contribution in [0.2, 0.25) is 0 Å². The van der Waals surface area contributed by atoms with Crippen LogP contribution in [-0.4, -0.2) is 134 Å². The standard InChI is InChI=1S/C35H49N15O14/c1-7-21-27(63-33-24(45-50-40)29(57-16(4)53)28(56-15(3)52)22(60-33)13-41-46-36)31(58-17(5)54)34(59-21)64-30-25(55-14(2)51)19(43-48-38)12-20(44-49-39)26(30)62-32-18(42-47-37)8-9-23(61-32)35(6)10-11-35/h18-34H,7-13H2,1-6H3/t18-,19-,20+,21-,22+,23+,24-,25+,26-,27-,28-,29-,30-,31-,32-,33-,34+/m1/s1. The Morgan fingerprint density at radius 3 is 1.64 bits per heavy atom. The average Bonchev–Trinajstić information content (AvgIpc) is 3.91. The second-order valence-electron chi connectivity index (χ2n) is 16.0. The van der Waals surface area contributed by atoms with Crippen LogP contribution in [0.25, 0.3) is 52.2 Å². The Balaban J connectivity index is 1.57. The van der Waals surface area contributed by atoms with Crippen molar-refractivity contribution >= 4 is 23.9 Å². The third kappa shape index (κ3) is 11.8. The van der Waals surface area contributed by atoms with Crippen molar-refractivity contribution in [2.24, 2.45) is 31.0 Å². The molecular weight excluding hydrogens is 854 g/mol. The summed E-state index contributed by atoms with van der Waals surface area (Å²) >= 11 is 0. The first-order chi connectivity index (χ1) is 30.6. The van der Waals surface area contributed by atoms with Crippen LogP contribution in [0, 0.1) is 5.41 Å². The summed E-state index contributed by atoms with van der Waals surface area (Å²) in [6.07, 6.45) is -15.1. The van der Waals surface area contributed by atoms with Crippen molar-refractivity contribution in [2.75, 3.05) is 6.54 Å². The maximum atomic E-state index is 12.9. The van der Waals surface area contributed by atoms with Crippen molar-refractivity contribution in [3.05, 3.63) is 52.2 Å². The minimum atomic E-state index is -1.70. The van der Waals surface area contributed by atoms with Gasteiger partial charge in [0.15, 0.2) is 37.2 Å². The summed E-state index contributed by atoms with van der Waals surface area (Å²) in [5.41, 5.74) is 47.4. The second kappa shape index (κ2) is 22.2. The molecule has 2 saturated carbocycles. The molecule has 5 fully saturated rings. The number of hydrogen-bond donors (Lipinski definition) is 0. The maximum Gasteiger partial charge on any atom is 0.303 e. The van der Waals surface area contributed by atoms with Gasteiger partial charge in [-0.3, -0.25) is 19.2 Å². The molecule has 29 heteroatoms. The second-order valence-corrected chi connectivity index (χ2v) is 16.0. The van der Waals surface area contributed by atoms with E-state index in [0.29, 0.717) is 12.8 Å². The number of hydrogen-bond acceptors (Lipinski definition) is 19. The number of ether oxygens (including phenoxy) is 10. The number of carbonyl (C=O) groups is 4. The summed E-state index contributed by atoms with van der Waals surface area (Å²) < 4.78 is 60.9. The molecule has 0 unspecified atom stereocenters. The minimum Gasteiger partial charge on any atom is -0.459 e. The number of esters is 4. The molecule has 0 spiro atoms. The molecule has 0 N–H and O–H groups in total. The Morgan fingerprint density at radius 1 is 0.562 bits per heavy atom. The van der Waals surface area contributed by atoms with Crippen molar-refractivity contribution in [3.63, 3.8) is 0 Å². The van der Waals surface area contributed by atoms with Crippen LogP contribution >= 0.6 is 0 Å². The van der Waals surface area contributed by atoms with Crippen molar-refractivity contribution in [1.29, 1.82) is 0 Å². The SMILES string of the molecule is CC[C@H]1O[C@@H](O[C@@H]2[C@@H](OC(C)=O)[C@H](N=[N+]=[N-])C[C@H](N=[N+]=[N-])[C@H]2O[C@H]2O[C@H](C3(C)CC3)CC[C@H]2N=[N+]=[N-])[C@H](OC(C)=O)[C@@H]1O[C@H]1O[C@@H](CN=[N+]=[N-])[C@@H](OC(C)=O)[C@H](OC(C)=O)[C@H]1N=[N+]=[N-]. The lowest BCUT2D eigenvalue weighted by Gasteiger charge is -2.47. The molecule has 0 amide bonds. The predicted octanol–water partition coefficient (Wildman–Crippen LogP) is 5.46. The Bertz CT molecular complexity index is 1980. The van der Waals surface area contributed by atoms with Crippen LogP contribution in [0.15, 0.2) is 25.6 Å². The highest BCUT2D eigenvalue weighted by Crippen LogP contribution is 2.53. The molecule has 0 aromatic rings. The van der Waals surface area contributed by atoms with Crippen LogP contribution < -0.4 is 0 Å². The topological polar surface area (TPSA) is 404 Å². The highest BCUT2D eigenvalue weighted by molar-refractivity contribution is 5.68. The molecular formula is C35H49N15O14. The molecule has 64 heavy (non-hydrogen) atoms. The van der Waals surface area contributed by atoms with Crippen molar-refractivity contribution in [1.82, 2.24) is 0 Å². The monoisotopic (exact) mass is 903 g/mol. The molecule has 3 aliphatic heterocycles. The number of rotatable bonds is 18. The van der Waals surface area contributed by atoms with Gasteiger partial charge in [-0.1, -0.05) is 39.4 Å². The van der Waals surface area contributed by atoms with Crippen LogP contribution in [0.4, 0.5) is 0 Å². The van der Waals surface area contributed by atoms with Gasteiger partial charge in [-0.25, -0.2) is 0 Å². The van der Waals surface area contributed by atoms with Gasteiger partial charge in [0, 0.05) is 52.3 Å². The van der Waals surface area contributed by atoms with Gasteiger partial charge in [0.1, 0.15) is 30.5 Å². The lowest BCUT2D eigenvalue weighted by molar-refractivity contribution is -0.295. The Labute approximate surface area is 364 Å². The fourth-order valence-corrected chi connectivity index (χ4v) is 8.46. The van der Waals surface area contributed by atoms with E-state index in [1.54, 1.807) is 6.92 Å². The lowest BCUT2D eigenvalue weighted by Crippen LogP contribution is -2.62. The van der Waals surface area contributed by atoms with E-state index in [4.69, 9.17) is 52.9 Å². The van der Waals surface area contributed by atoms with E-state index in [-0.39, 0.29) is 24.4 Å². The van der Waals surface area contributed by atoms with Gasteiger partial charge in [-0.2, -0.15) is 0 Å². The molecule has 17 atom stereocenters. The van der Waals surface area contributed by atoms with Gasteiger partial charge in [0.25, 0.3) is 0 Å². The Morgan fingerprint density at radius 2 is 1.08 bits per heavy atom. The highest BCUT2D eigenvalue weighted by atomic mass is 16.8. The predicted molar refractivity (Wildman–Crippen MR) is 210 cm³/mol. The Hall–Kier alpha value is -5.81. The van der Waals surface area contributed by atoms with Gasteiger partial charge >= 0.3 is 23.9 Å². The normalized spacial score (nSPS) is 37.2. The molecule has 3 saturated heterocycles. The first-order valence-corrected chi connectivity index (χ1v) is 20.4. The van der Waals surface area contributed by atoms with Crippen LogP contribution in [-0.2, 0) is 66.5 Å². The fourth-order valence-electron chi connectivity index (χ4n) is 8.46. The zero-order valence-electron chi connectivity index (χ0n) is 35.7. The van der Waals surface area contributed by atoms with E-state index in [9.17, 15) is 41.3 Å². The molecule has 5 rings (SSSR count). The quantitative estimate of drug-likeness (QED) is 0.0542. The largest absolute Gasteiger partial charge is 0.459 e. The minimum absolute atomic E-state index is 0.122. The zero-order chi connectivity index (χ0) is 46.7. The summed E-state index contributed by atoms with van der Waals surface area (Å²) in [6, 6.07) is -4.89. The molecule has 3 heterocycles. The van der Waals surface area contributed by atoms with E-state index >= 15 is 0 Å². The first kappa shape index (κ1) is 49.2. The van der Waals surface area contributed by atoms with Crippen molar-refractivity contribution in [2.45, 2.75) is 184 Å². The third-order valence-electron chi connectivity index (χ3n) is 11.5. The van der Waals surface area contributed by atoms with E-state index in [1.165, 1.54) is 0 Å².